The van der Waals surface area contributed by atoms with Gasteiger partial charge >= 0.3 is 0 Å². The van der Waals surface area contributed by atoms with Gasteiger partial charge in [-0.2, -0.15) is 4.31 Å². The molecule has 7 nitrogen and oxygen atoms in total. The van der Waals surface area contributed by atoms with Crippen LogP contribution in [0, 0.1) is 5.82 Å². The molecule has 3 rings (SSSR count). The first kappa shape index (κ1) is 21.4. The largest absolute Gasteiger partial charge is 0.326 e. The van der Waals surface area contributed by atoms with Crippen LogP contribution in [0.25, 0.3) is 0 Å². The van der Waals surface area contributed by atoms with E-state index in [1.807, 2.05) is 0 Å². The van der Waals surface area contributed by atoms with E-state index in [2.05, 4.69) is 5.32 Å². The lowest BCUT2D eigenvalue weighted by Crippen LogP contribution is -2.33. The van der Waals surface area contributed by atoms with E-state index in [1.54, 1.807) is 6.07 Å². The van der Waals surface area contributed by atoms with E-state index in [9.17, 15) is 26.0 Å². The fraction of sp³-hybridized carbons (Fsp3) is 0.316. The number of sulfonamides is 1. The van der Waals surface area contributed by atoms with Gasteiger partial charge in [-0.25, -0.2) is 21.2 Å². The summed E-state index contributed by atoms with van der Waals surface area (Å²) in [6.45, 7) is 1.09. The van der Waals surface area contributed by atoms with E-state index >= 15 is 0 Å². The second kappa shape index (κ2) is 8.21. The SMILES string of the molecule is CC(=O)Nc1ccc(S(=O)(=O)N2CC[C@H](c3ccccc3F)S(=O)(=O)CC2)cc1. The van der Waals surface area contributed by atoms with Gasteiger partial charge in [-0.1, -0.05) is 18.2 Å². The number of rotatable bonds is 4. The Morgan fingerprint density at radius 2 is 1.76 bits per heavy atom. The van der Waals surface area contributed by atoms with Gasteiger partial charge in [0.15, 0.2) is 9.84 Å². The van der Waals surface area contributed by atoms with Crippen LogP contribution >= 0.6 is 0 Å². The van der Waals surface area contributed by atoms with E-state index in [-0.39, 0.29) is 35.9 Å². The maximum atomic E-state index is 14.1. The van der Waals surface area contributed by atoms with E-state index in [4.69, 9.17) is 0 Å². The van der Waals surface area contributed by atoms with E-state index < -0.39 is 36.7 Å². The van der Waals surface area contributed by atoms with Crippen molar-refractivity contribution in [1.82, 2.24) is 4.31 Å². The monoisotopic (exact) mass is 440 g/mol. The summed E-state index contributed by atoms with van der Waals surface area (Å²) in [6, 6.07) is 11.3. The molecular weight excluding hydrogens is 419 g/mol. The van der Waals surface area contributed by atoms with Crippen molar-refractivity contribution >= 4 is 31.5 Å². The standard InChI is InChI=1S/C19H21FN2O5S2/c1-14(23)21-15-6-8-16(9-7-15)29(26,27)22-11-10-19(28(24,25)13-12-22)17-4-2-3-5-18(17)20/h2-9,19H,10-13H2,1H3,(H,21,23)/t19-/m1/s1. The molecule has 1 aliphatic rings. The summed E-state index contributed by atoms with van der Waals surface area (Å²) in [4.78, 5) is 11.1. The third-order valence-corrected chi connectivity index (χ3v) is 8.79. The second-order valence-electron chi connectivity index (χ2n) is 6.78. The van der Waals surface area contributed by atoms with Crippen LogP contribution in [0.2, 0.25) is 0 Å². The quantitative estimate of drug-likeness (QED) is 0.787. The van der Waals surface area contributed by atoms with Crippen LogP contribution in [-0.2, 0) is 24.7 Å². The maximum Gasteiger partial charge on any atom is 0.243 e. The predicted molar refractivity (Wildman–Crippen MR) is 107 cm³/mol. The van der Waals surface area contributed by atoms with Crippen molar-refractivity contribution in [2.24, 2.45) is 0 Å². The molecule has 0 spiro atoms. The molecule has 1 amide bonds. The van der Waals surface area contributed by atoms with Gasteiger partial charge in [0.1, 0.15) is 5.82 Å². The first-order chi connectivity index (χ1) is 13.6. The number of sulfone groups is 1. The Labute approximate surface area is 169 Å². The number of nitrogens with zero attached hydrogens (tertiary/aromatic N) is 1. The predicted octanol–water partition coefficient (Wildman–Crippen LogP) is 2.33. The molecular formula is C19H21FN2O5S2. The van der Waals surface area contributed by atoms with Crippen molar-refractivity contribution in [2.75, 3.05) is 24.2 Å². The lowest BCUT2D eigenvalue weighted by molar-refractivity contribution is -0.114. The molecule has 2 aromatic rings. The number of hydrogen-bond donors (Lipinski definition) is 1. The molecule has 1 heterocycles. The number of halogens is 1. The van der Waals surface area contributed by atoms with E-state index in [1.165, 1.54) is 49.4 Å². The van der Waals surface area contributed by atoms with Crippen molar-refractivity contribution < 1.29 is 26.0 Å². The molecule has 0 aromatic heterocycles. The van der Waals surface area contributed by atoms with Crippen molar-refractivity contribution in [3.8, 4) is 0 Å². The summed E-state index contributed by atoms with van der Waals surface area (Å²) in [6.07, 6.45) is -0.0352. The van der Waals surface area contributed by atoms with Crippen LogP contribution in [0.1, 0.15) is 24.2 Å². The normalized spacial score (nSPS) is 20.0. The lowest BCUT2D eigenvalue weighted by Gasteiger charge is -2.20. The molecule has 10 heteroatoms. The molecule has 1 N–H and O–H groups in total. The molecule has 29 heavy (non-hydrogen) atoms. The van der Waals surface area contributed by atoms with Gasteiger partial charge in [-0.05, 0) is 36.8 Å². The number of anilines is 1. The minimum Gasteiger partial charge on any atom is -0.326 e. The van der Waals surface area contributed by atoms with Crippen molar-refractivity contribution in [1.29, 1.82) is 0 Å². The molecule has 0 aliphatic carbocycles. The van der Waals surface area contributed by atoms with Gasteiger partial charge in [-0.3, -0.25) is 4.79 Å². The van der Waals surface area contributed by atoms with Crippen LogP contribution in [0.3, 0.4) is 0 Å². The Morgan fingerprint density at radius 3 is 2.38 bits per heavy atom. The number of carbonyl (C=O) groups is 1. The van der Waals surface area contributed by atoms with Crippen molar-refractivity contribution in [2.45, 2.75) is 23.5 Å². The average Bonchev–Trinajstić information content (AvgIpc) is 2.81. The minimum absolute atomic E-state index is 0.00617. The highest BCUT2D eigenvalue weighted by Gasteiger charge is 2.36. The molecule has 1 aliphatic heterocycles. The zero-order valence-electron chi connectivity index (χ0n) is 15.7. The molecule has 0 unspecified atom stereocenters. The number of nitrogens with one attached hydrogen (secondary N) is 1. The highest BCUT2D eigenvalue weighted by atomic mass is 32.2. The fourth-order valence-electron chi connectivity index (χ4n) is 3.31. The Kier molecular flexibility index (Phi) is 6.06. The summed E-state index contributed by atoms with van der Waals surface area (Å²) >= 11 is 0. The van der Waals surface area contributed by atoms with Crippen LogP contribution in [0.5, 0.6) is 0 Å². The van der Waals surface area contributed by atoms with Gasteiger partial charge in [0.05, 0.1) is 15.9 Å². The van der Waals surface area contributed by atoms with E-state index in [0.29, 0.717) is 5.69 Å². The van der Waals surface area contributed by atoms with Crippen LogP contribution in [-0.4, -0.2) is 45.9 Å². The molecule has 0 saturated carbocycles. The minimum atomic E-state index is -3.93. The van der Waals surface area contributed by atoms with Crippen LogP contribution in [0.15, 0.2) is 53.4 Å². The molecule has 0 radical (unpaired) electrons. The van der Waals surface area contributed by atoms with Gasteiger partial charge in [0, 0.05) is 31.3 Å². The van der Waals surface area contributed by atoms with Gasteiger partial charge < -0.3 is 5.32 Å². The number of carbonyl (C=O) groups excluding carboxylic acids is 1. The molecule has 1 saturated heterocycles. The summed E-state index contributed by atoms with van der Waals surface area (Å²) in [5.74, 6) is -1.29. The molecule has 1 fully saturated rings. The topological polar surface area (TPSA) is 101 Å². The lowest BCUT2D eigenvalue weighted by atomic mass is 10.1. The summed E-state index contributed by atoms with van der Waals surface area (Å²) in [5.41, 5.74) is 0.515. The molecule has 0 bridgehead atoms. The van der Waals surface area contributed by atoms with Gasteiger partial charge in [0.2, 0.25) is 15.9 Å². The Balaban J connectivity index is 1.85. The zero-order valence-corrected chi connectivity index (χ0v) is 17.3. The van der Waals surface area contributed by atoms with Gasteiger partial charge in [0.25, 0.3) is 0 Å². The highest BCUT2D eigenvalue weighted by Crippen LogP contribution is 2.32. The third kappa shape index (κ3) is 4.65. The zero-order chi connectivity index (χ0) is 21.2. The Hall–Kier alpha value is -2.30. The first-order valence-corrected chi connectivity index (χ1v) is 12.1. The fourth-order valence-corrected chi connectivity index (χ4v) is 6.69. The van der Waals surface area contributed by atoms with Gasteiger partial charge in [-0.15, -0.1) is 0 Å². The van der Waals surface area contributed by atoms with Crippen molar-refractivity contribution in [3.05, 3.63) is 59.9 Å². The summed E-state index contributed by atoms with van der Waals surface area (Å²) in [7, 11) is -7.66. The Bertz CT molecular complexity index is 1120. The molecule has 1 atom stereocenters. The van der Waals surface area contributed by atoms with Crippen LogP contribution in [0.4, 0.5) is 10.1 Å². The van der Waals surface area contributed by atoms with Crippen LogP contribution < -0.4 is 5.32 Å². The summed E-state index contributed by atoms with van der Waals surface area (Å²) in [5, 5.41) is 1.46. The maximum absolute atomic E-state index is 14.1. The second-order valence-corrected chi connectivity index (χ2v) is 11.0. The van der Waals surface area contributed by atoms with Crippen molar-refractivity contribution in [3.63, 3.8) is 0 Å². The number of benzene rings is 2. The molecule has 156 valence electrons. The molecule has 2 aromatic carbocycles. The number of amides is 1. The third-order valence-electron chi connectivity index (χ3n) is 4.76. The summed E-state index contributed by atoms with van der Waals surface area (Å²) < 4.78 is 66.6. The Morgan fingerprint density at radius 1 is 1.10 bits per heavy atom. The van der Waals surface area contributed by atoms with E-state index in [0.717, 1.165) is 4.31 Å². The average molecular weight is 441 g/mol. The highest BCUT2D eigenvalue weighted by molar-refractivity contribution is 7.92. The number of hydrogen-bond acceptors (Lipinski definition) is 5. The smallest absolute Gasteiger partial charge is 0.243 e. The first-order valence-electron chi connectivity index (χ1n) is 8.95.